The van der Waals surface area contributed by atoms with Crippen molar-refractivity contribution in [1.82, 2.24) is 30.4 Å². The lowest BCUT2D eigenvalue weighted by Gasteiger charge is -2.26. The zero-order valence-electron chi connectivity index (χ0n) is 43.4. The first-order chi connectivity index (χ1) is 37.6. The fourth-order valence-electron chi connectivity index (χ4n) is 9.81. The minimum atomic E-state index is -0.0922. The van der Waals surface area contributed by atoms with Crippen LogP contribution in [0.15, 0.2) is 239 Å². The topological polar surface area (TPSA) is 110 Å². The molecular weight excluding hydrogens is 949 g/mol. The van der Waals surface area contributed by atoms with Crippen LogP contribution in [0.3, 0.4) is 0 Å². The van der Waals surface area contributed by atoms with Crippen molar-refractivity contribution in [2.45, 2.75) is 46.0 Å². The fraction of sp³-hybridized carbons (Fsp3) is 0.104. The van der Waals surface area contributed by atoms with Crippen molar-refractivity contribution < 1.29 is 8.83 Å². The van der Waals surface area contributed by atoms with Crippen molar-refractivity contribution in [3.8, 4) is 68.3 Å². The molecule has 374 valence electrons. The highest BCUT2D eigenvalue weighted by Crippen LogP contribution is 2.42. The molecule has 0 aliphatic rings. The highest BCUT2D eigenvalue weighted by atomic mass is 16.4. The minimum Gasteiger partial charge on any atom is -0.416 e. The molecule has 0 unspecified atom stereocenters. The molecule has 0 amide bonds. The van der Waals surface area contributed by atoms with Crippen LogP contribution in [0.5, 0.6) is 0 Å². The van der Waals surface area contributed by atoms with Gasteiger partial charge in [0.15, 0.2) is 0 Å². The van der Waals surface area contributed by atoms with E-state index in [1.807, 2.05) is 97.1 Å². The molecule has 77 heavy (non-hydrogen) atoms. The van der Waals surface area contributed by atoms with E-state index in [0.717, 1.165) is 89.9 Å². The summed E-state index contributed by atoms with van der Waals surface area (Å²) in [4.78, 5) is 15.5. The van der Waals surface area contributed by atoms with E-state index in [1.165, 1.54) is 11.1 Å². The van der Waals surface area contributed by atoms with Crippen molar-refractivity contribution in [1.29, 1.82) is 0 Å². The van der Waals surface area contributed by atoms with Gasteiger partial charge in [-0.1, -0.05) is 132 Å². The zero-order chi connectivity index (χ0) is 52.5. The first-order valence-corrected chi connectivity index (χ1v) is 25.9. The molecule has 0 aliphatic carbocycles. The van der Waals surface area contributed by atoms with Crippen LogP contribution >= 0.6 is 0 Å². The fourth-order valence-corrected chi connectivity index (χ4v) is 9.81. The molecule has 0 saturated heterocycles. The Morgan fingerprint density at radius 3 is 0.948 bits per heavy atom. The molecule has 3 aromatic heterocycles. The number of fused-ring (bicyclic) bond motifs is 1. The molecule has 9 aromatic carbocycles. The molecule has 10 heteroatoms. The first kappa shape index (κ1) is 48.2. The number of benzene rings is 9. The number of hydrogen-bond acceptors (Lipinski definition) is 10. The standard InChI is InChI=1S/C67H54N8O2/c1-44(2)57-42-59-60(43-58(57)67(3,4)5)69-62(46-28-36-54(37-29-46)75(52-24-16-9-17-25-52)56-40-32-50(33-41-56)66-73-71-64(77-66)48-20-12-7-13-21-48)61(68-59)45-26-34-53(35-27-45)74(51-22-14-8-15-23-51)55-38-30-49(31-39-55)65-72-70-63(76-65)47-18-10-6-11-19-47/h6-44H,1-5H3. The number of anilines is 6. The van der Waals surface area contributed by atoms with Crippen LogP contribution in [-0.4, -0.2) is 30.4 Å². The van der Waals surface area contributed by atoms with Gasteiger partial charge in [0.25, 0.3) is 0 Å². The van der Waals surface area contributed by atoms with Crippen molar-refractivity contribution >= 4 is 45.2 Å². The highest BCUT2D eigenvalue weighted by Gasteiger charge is 2.24. The summed E-state index contributed by atoms with van der Waals surface area (Å²) in [5, 5.41) is 17.4. The summed E-state index contributed by atoms with van der Waals surface area (Å²) in [7, 11) is 0. The molecule has 0 N–H and O–H groups in total. The van der Waals surface area contributed by atoms with E-state index < -0.39 is 0 Å². The molecule has 0 radical (unpaired) electrons. The minimum absolute atomic E-state index is 0.0922. The number of para-hydroxylation sites is 2. The van der Waals surface area contributed by atoms with Gasteiger partial charge in [0.2, 0.25) is 23.6 Å². The van der Waals surface area contributed by atoms with Crippen LogP contribution in [0, 0.1) is 0 Å². The third-order valence-corrected chi connectivity index (χ3v) is 13.7. The predicted molar refractivity (Wildman–Crippen MR) is 310 cm³/mol. The van der Waals surface area contributed by atoms with E-state index in [4.69, 9.17) is 18.8 Å². The number of rotatable bonds is 13. The number of aromatic nitrogens is 6. The number of hydrogen-bond donors (Lipinski definition) is 0. The lowest BCUT2D eigenvalue weighted by molar-refractivity contribution is 0.578. The monoisotopic (exact) mass is 1000 g/mol. The van der Waals surface area contributed by atoms with Crippen LogP contribution in [0.25, 0.3) is 79.4 Å². The molecular formula is C67H54N8O2. The highest BCUT2D eigenvalue weighted by molar-refractivity contribution is 5.89. The van der Waals surface area contributed by atoms with Gasteiger partial charge in [0.05, 0.1) is 22.4 Å². The average Bonchev–Trinajstić information content (AvgIpc) is 4.19. The Bertz CT molecular complexity index is 3950. The molecule has 12 aromatic rings. The van der Waals surface area contributed by atoms with Crippen LogP contribution < -0.4 is 9.80 Å². The van der Waals surface area contributed by atoms with E-state index in [0.29, 0.717) is 29.5 Å². The van der Waals surface area contributed by atoms with E-state index in [-0.39, 0.29) is 5.41 Å². The van der Waals surface area contributed by atoms with Crippen LogP contribution in [0.2, 0.25) is 0 Å². The van der Waals surface area contributed by atoms with Gasteiger partial charge < -0.3 is 18.6 Å². The Hall–Kier alpha value is -9.80. The molecule has 0 bridgehead atoms. The Morgan fingerprint density at radius 1 is 0.338 bits per heavy atom. The summed E-state index contributed by atoms with van der Waals surface area (Å²) in [6, 6.07) is 78.6. The maximum absolute atomic E-state index is 6.11. The molecule has 12 rings (SSSR count). The van der Waals surface area contributed by atoms with E-state index >= 15 is 0 Å². The Kier molecular flexibility index (Phi) is 12.8. The molecule has 0 aliphatic heterocycles. The van der Waals surface area contributed by atoms with Gasteiger partial charge in [-0.2, -0.15) is 0 Å². The molecule has 3 heterocycles. The molecule has 0 saturated carbocycles. The summed E-state index contributed by atoms with van der Waals surface area (Å²) in [6.07, 6.45) is 0. The average molecular weight is 1000 g/mol. The maximum atomic E-state index is 6.11. The lowest BCUT2D eigenvalue weighted by Crippen LogP contribution is -2.15. The Labute approximate surface area is 448 Å². The quantitative estimate of drug-likeness (QED) is 0.111. The van der Waals surface area contributed by atoms with Crippen molar-refractivity contribution in [3.63, 3.8) is 0 Å². The summed E-state index contributed by atoms with van der Waals surface area (Å²) in [5.41, 5.74) is 17.0. The number of nitrogens with zero attached hydrogens (tertiary/aromatic N) is 8. The predicted octanol–water partition coefficient (Wildman–Crippen LogP) is 17.8. The largest absolute Gasteiger partial charge is 0.416 e. The van der Waals surface area contributed by atoms with Gasteiger partial charge in [0.1, 0.15) is 0 Å². The first-order valence-electron chi connectivity index (χ1n) is 25.9. The normalized spacial score (nSPS) is 11.6. The third-order valence-electron chi connectivity index (χ3n) is 13.7. The van der Waals surface area contributed by atoms with Gasteiger partial charge in [-0.05, 0) is 156 Å². The summed E-state index contributed by atoms with van der Waals surface area (Å²) in [6.45, 7) is 11.3. The Balaban J connectivity index is 0.909. The van der Waals surface area contributed by atoms with Gasteiger partial charge in [0, 0.05) is 67.5 Å². The molecule has 0 fully saturated rings. The summed E-state index contributed by atoms with van der Waals surface area (Å²) in [5.74, 6) is 2.19. The third kappa shape index (κ3) is 9.88. The molecule has 10 nitrogen and oxygen atoms in total. The van der Waals surface area contributed by atoms with Gasteiger partial charge in [-0.15, -0.1) is 20.4 Å². The molecule has 0 spiro atoms. The van der Waals surface area contributed by atoms with E-state index in [2.05, 4.69) is 198 Å². The van der Waals surface area contributed by atoms with Crippen LogP contribution in [-0.2, 0) is 5.41 Å². The maximum Gasteiger partial charge on any atom is 0.248 e. The second kappa shape index (κ2) is 20.5. The second-order valence-electron chi connectivity index (χ2n) is 20.3. The zero-order valence-corrected chi connectivity index (χ0v) is 43.4. The van der Waals surface area contributed by atoms with Gasteiger partial charge in [-0.25, -0.2) is 9.97 Å². The second-order valence-corrected chi connectivity index (χ2v) is 20.3. The summed E-state index contributed by atoms with van der Waals surface area (Å²) >= 11 is 0. The van der Waals surface area contributed by atoms with E-state index in [1.54, 1.807) is 0 Å². The van der Waals surface area contributed by atoms with Crippen LogP contribution in [0.1, 0.15) is 51.7 Å². The smallest absolute Gasteiger partial charge is 0.248 e. The SMILES string of the molecule is CC(C)c1cc2nc(-c3ccc(N(c4ccccc4)c4ccc(-c5nnc(-c6ccccc6)o5)cc4)cc3)c(-c3ccc(N(c4ccccc4)c4ccc(-c5nnc(-c6ccccc6)o5)cc4)cc3)nc2cc1C(C)(C)C. The van der Waals surface area contributed by atoms with Gasteiger partial charge >= 0.3 is 0 Å². The van der Waals surface area contributed by atoms with Crippen molar-refractivity contribution in [3.05, 3.63) is 242 Å². The molecule has 0 atom stereocenters. The van der Waals surface area contributed by atoms with Crippen molar-refractivity contribution in [2.24, 2.45) is 0 Å². The Morgan fingerprint density at radius 2 is 0.623 bits per heavy atom. The van der Waals surface area contributed by atoms with E-state index in [9.17, 15) is 0 Å². The lowest BCUT2D eigenvalue weighted by atomic mass is 9.80. The summed E-state index contributed by atoms with van der Waals surface area (Å²) < 4.78 is 12.2. The van der Waals surface area contributed by atoms with Crippen LogP contribution in [0.4, 0.5) is 34.1 Å². The van der Waals surface area contributed by atoms with Gasteiger partial charge in [-0.3, -0.25) is 0 Å². The van der Waals surface area contributed by atoms with Crippen molar-refractivity contribution in [2.75, 3.05) is 9.80 Å².